The highest BCUT2D eigenvalue weighted by Gasteiger charge is 2.51. The molecule has 0 spiro atoms. The summed E-state index contributed by atoms with van der Waals surface area (Å²) in [7, 11) is 0. The van der Waals surface area contributed by atoms with Crippen molar-refractivity contribution in [3.05, 3.63) is 0 Å². The molecule has 0 heterocycles. The highest BCUT2D eigenvalue weighted by Crippen LogP contribution is 2.44. The van der Waals surface area contributed by atoms with Gasteiger partial charge in [-0.1, -0.05) is 48.0 Å². The summed E-state index contributed by atoms with van der Waals surface area (Å²) in [6.07, 6.45) is 6.88. The van der Waals surface area contributed by atoms with Crippen LogP contribution in [0.25, 0.3) is 0 Å². The summed E-state index contributed by atoms with van der Waals surface area (Å²) in [6.45, 7) is 17.0. The van der Waals surface area contributed by atoms with Crippen LogP contribution in [0, 0.1) is 11.8 Å². The molecule has 0 saturated heterocycles. The fourth-order valence-electron chi connectivity index (χ4n) is 3.03. The minimum atomic E-state index is -0.838. The molecule has 1 aliphatic rings. The minimum absolute atomic E-state index is 0.220. The molecule has 2 atom stereocenters. The second-order valence-electron chi connectivity index (χ2n) is 8.10. The lowest BCUT2D eigenvalue weighted by atomic mass is 9.77. The zero-order chi connectivity index (χ0) is 18.4. The molecule has 1 saturated carbocycles. The van der Waals surface area contributed by atoms with Gasteiger partial charge in [-0.25, -0.2) is 9.78 Å². The van der Waals surface area contributed by atoms with E-state index in [1.165, 1.54) is 6.42 Å². The van der Waals surface area contributed by atoms with E-state index < -0.39 is 5.79 Å². The predicted molar refractivity (Wildman–Crippen MR) is 97.2 cm³/mol. The SMILES string of the molecule is CCC(C)(CC)OOC1(OOC(C)(CC)CC)C(C)CCCC1C. The number of hydrogen-bond acceptors (Lipinski definition) is 4. The zero-order valence-electron chi connectivity index (χ0n) is 17.2. The third kappa shape index (κ3) is 4.94. The number of rotatable bonds is 10. The Bertz CT molecular complexity index is 327. The third-order valence-electron chi connectivity index (χ3n) is 6.39. The van der Waals surface area contributed by atoms with Crippen LogP contribution in [-0.4, -0.2) is 17.0 Å². The molecule has 0 aromatic heterocycles. The molecule has 4 heteroatoms. The highest BCUT2D eigenvalue weighted by molar-refractivity contribution is 4.86. The van der Waals surface area contributed by atoms with Crippen molar-refractivity contribution in [3.8, 4) is 0 Å². The molecule has 1 rings (SSSR count). The lowest BCUT2D eigenvalue weighted by Crippen LogP contribution is -2.53. The van der Waals surface area contributed by atoms with Gasteiger partial charge in [-0.15, -0.1) is 0 Å². The van der Waals surface area contributed by atoms with E-state index in [1.807, 2.05) is 0 Å². The monoisotopic (exact) mass is 344 g/mol. The first-order valence-electron chi connectivity index (χ1n) is 9.94. The Morgan fingerprint density at radius 3 is 1.38 bits per heavy atom. The molecule has 0 N–H and O–H groups in total. The Balaban J connectivity index is 2.95. The maximum absolute atomic E-state index is 6.08. The van der Waals surface area contributed by atoms with Gasteiger partial charge in [0.15, 0.2) is 0 Å². The van der Waals surface area contributed by atoms with Crippen LogP contribution in [0.2, 0.25) is 0 Å². The summed E-state index contributed by atoms with van der Waals surface area (Å²) < 4.78 is 0. The summed E-state index contributed by atoms with van der Waals surface area (Å²) in [5.74, 6) is -0.399. The summed E-state index contributed by atoms with van der Waals surface area (Å²) in [6, 6.07) is 0. The summed E-state index contributed by atoms with van der Waals surface area (Å²) in [5.41, 5.74) is -0.599. The van der Waals surface area contributed by atoms with Crippen molar-refractivity contribution < 1.29 is 19.6 Å². The van der Waals surface area contributed by atoms with E-state index in [4.69, 9.17) is 19.6 Å². The molecule has 144 valence electrons. The fraction of sp³-hybridized carbons (Fsp3) is 1.00. The van der Waals surface area contributed by atoms with Crippen LogP contribution < -0.4 is 0 Å². The molecular weight excluding hydrogens is 304 g/mol. The average molecular weight is 345 g/mol. The van der Waals surface area contributed by atoms with Crippen LogP contribution in [-0.2, 0) is 19.6 Å². The Kier molecular flexibility index (Phi) is 8.18. The smallest absolute Gasteiger partial charge is 0.227 e. The molecule has 24 heavy (non-hydrogen) atoms. The first kappa shape index (κ1) is 21.9. The third-order valence-corrected chi connectivity index (χ3v) is 6.39. The maximum atomic E-state index is 6.08. The second kappa shape index (κ2) is 8.98. The Labute approximate surface area is 149 Å². The first-order valence-corrected chi connectivity index (χ1v) is 9.94. The van der Waals surface area contributed by atoms with Gasteiger partial charge in [0.25, 0.3) is 0 Å². The minimum Gasteiger partial charge on any atom is -0.227 e. The summed E-state index contributed by atoms with van der Waals surface area (Å²) in [5, 5.41) is 0. The van der Waals surface area contributed by atoms with Crippen molar-refractivity contribution in [1.29, 1.82) is 0 Å². The standard InChI is InChI=1S/C20H40O4/c1-9-18(7,10-2)21-23-20(16(5)14-13-15-17(20)6)24-22-19(8,11-3)12-4/h16-17H,9-15H2,1-8H3. The molecule has 0 bridgehead atoms. The molecule has 4 nitrogen and oxygen atoms in total. The lowest BCUT2D eigenvalue weighted by Gasteiger charge is -2.46. The van der Waals surface area contributed by atoms with Gasteiger partial charge in [-0.05, 0) is 52.4 Å². The van der Waals surface area contributed by atoms with Gasteiger partial charge in [-0.3, -0.25) is 0 Å². The molecule has 1 aliphatic carbocycles. The maximum Gasteiger partial charge on any atom is 0.238 e. The van der Waals surface area contributed by atoms with Gasteiger partial charge in [0, 0.05) is 11.8 Å². The molecule has 0 aliphatic heterocycles. The largest absolute Gasteiger partial charge is 0.238 e. The van der Waals surface area contributed by atoms with Gasteiger partial charge >= 0.3 is 0 Å². The van der Waals surface area contributed by atoms with Crippen LogP contribution >= 0.6 is 0 Å². The number of hydrogen-bond donors (Lipinski definition) is 0. The topological polar surface area (TPSA) is 36.9 Å². The molecule has 0 amide bonds. The van der Waals surface area contributed by atoms with Gasteiger partial charge in [0.1, 0.15) is 11.2 Å². The molecule has 1 fully saturated rings. The van der Waals surface area contributed by atoms with E-state index in [0.29, 0.717) is 0 Å². The zero-order valence-corrected chi connectivity index (χ0v) is 17.2. The quantitative estimate of drug-likeness (QED) is 0.269. The van der Waals surface area contributed by atoms with Crippen molar-refractivity contribution >= 4 is 0 Å². The van der Waals surface area contributed by atoms with Crippen molar-refractivity contribution in [2.45, 2.75) is 117 Å². The van der Waals surface area contributed by atoms with Gasteiger partial charge in [0.05, 0.1) is 0 Å². The Morgan fingerprint density at radius 1 is 0.750 bits per heavy atom. The summed E-state index contributed by atoms with van der Waals surface area (Å²) >= 11 is 0. The molecule has 0 radical (unpaired) electrons. The van der Waals surface area contributed by atoms with Crippen molar-refractivity contribution in [2.24, 2.45) is 11.8 Å². The van der Waals surface area contributed by atoms with Crippen molar-refractivity contribution in [2.75, 3.05) is 0 Å². The van der Waals surface area contributed by atoms with E-state index in [9.17, 15) is 0 Å². The predicted octanol–water partition coefficient (Wildman–Crippen LogP) is 6.19. The summed E-state index contributed by atoms with van der Waals surface area (Å²) in [4.78, 5) is 24.0. The van der Waals surface area contributed by atoms with Crippen LogP contribution in [0.1, 0.15) is 100 Å². The van der Waals surface area contributed by atoms with E-state index in [2.05, 4.69) is 55.4 Å². The van der Waals surface area contributed by atoms with Crippen molar-refractivity contribution in [3.63, 3.8) is 0 Å². The lowest BCUT2D eigenvalue weighted by molar-refractivity contribution is -0.568. The van der Waals surface area contributed by atoms with Crippen molar-refractivity contribution in [1.82, 2.24) is 0 Å². The van der Waals surface area contributed by atoms with E-state index in [1.54, 1.807) is 0 Å². The fourth-order valence-corrected chi connectivity index (χ4v) is 3.03. The van der Waals surface area contributed by atoms with Gasteiger partial charge in [0.2, 0.25) is 5.79 Å². The van der Waals surface area contributed by atoms with Crippen LogP contribution in [0.5, 0.6) is 0 Å². The Morgan fingerprint density at radius 2 is 1.08 bits per heavy atom. The molecule has 0 aromatic carbocycles. The average Bonchev–Trinajstić information content (AvgIpc) is 2.60. The van der Waals surface area contributed by atoms with Crippen LogP contribution in [0.4, 0.5) is 0 Å². The molecule has 0 aromatic rings. The first-order chi connectivity index (χ1) is 11.2. The normalized spacial score (nSPS) is 25.0. The molecular formula is C20H40O4. The van der Waals surface area contributed by atoms with Gasteiger partial charge < -0.3 is 0 Å². The van der Waals surface area contributed by atoms with E-state index >= 15 is 0 Å². The van der Waals surface area contributed by atoms with Crippen LogP contribution in [0.15, 0.2) is 0 Å². The van der Waals surface area contributed by atoms with E-state index in [-0.39, 0.29) is 23.0 Å². The van der Waals surface area contributed by atoms with Gasteiger partial charge in [-0.2, -0.15) is 9.78 Å². The Hall–Kier alpha value is -0.160. The highest BCUT2D eigenvalue weighted by atomic mass is 17.3. The van der Waals surface area contributed by atoms with E-state index in [0.717, 1.165) is 38.5 Å². The molecule has 2 unspecified atom stereocenters. The van der Waals surface area contributed by atoms with Crippen LogP contribution in [0.3, 0.4) is 0 Å². The second-order valence-corrected chi connectivity index (χ2v) is 8.10.